The SMILES string of the molecule is CCn1ncc(NC(=O)Cn2nc(C(F)F)cc2C(F)F)c1C(=O)N(C)C. The van der Waals surface area contributed by atoms with Crippen LogP contribution in [0.25, 0.3) is 0 Å². The number of halogens is 4. The normalized spacial score (nSPS) is 11.3. The summed E-state index contributed by atoms with van der Waals surface area (Å²) in [5.74, 6) is -1.23. The second-order valence-electron chi connectivity index (χ2n) is 5.72. The van der Waals surface area contributed by atoms with Crippen LogP contribution in [0.3, 0.4) is 0 Å². The first-order chi connectivity index (χ1) is 12.6. The molecule has 2 aromatic heterocycles. The van der Waals surface area contributed by atoms with Gasteiger partial charge < -0.3 is 10.2 Å². The van der Waals surface area contributed by atoms with Crippen molar-refractivity contribution >= 4 is 17.5 Å². The second-order valence-corrected chi connectivity index (χ2v) is 5.72. The zero-order valence-electron chi connectivity index (χ0n) is 14.8. The molecule has 0 spiro atoms. The topological polar surface area (TPSA) is 85.0 Å². The molecule has 8 nitrogen and oxygen atoms in total. The van der Waals surface area contributed by atoms with Crippen molar-refractivity contribution in [3.05, 3.63) is 29.3 Å². The van der Waals surface area contributed by atoms with Crippen LogP contribution < -0.4 is 5.32 Å². The van der Waals surface area contributed by atoms with E-state index in [1.165, 1.54) is 29.9 Å². The van der Waals surface area contributed by atoms with E-state index in [9.17, 15) is 27.2 Å². The number of carbonyl (C=O) groups excluding carboxylic acids is 2. The van der Waals surface area contributed by atoms with Gasteiger partial charge in [-0.3, -0.25) is 19.0 Å². The predicted molar refractivity (Wildman–Crippen MR) is 86.7 cm³/mol. The lowest BCUT2D eigenvalue weighted by Crippen LogP contribution is -2.27. The molecule has 2 heterocycles. The molecule has 0 saturated carbocycles. The highest BCUT2D eigenvalue weighted by molar-refractivity contribution is 6.02. The Bertz CT molecular complexity index is 830. The number of hydrogen-bond acceptors (Lipinski definition) is 4. The standard InChI is InChI=1S/C15H18F4N6O2/c1-4-24-12(15(27)23(2)3)9(6-20-24)21-11(26)7-25-10(14(18)19)5-8(22-25)13(16)17/h5-6,13-14H,4,7H2,1-3H3,(H,21,26). The summed E-state index contributed by atoms with van der Waals surface area (Å²) >= 11 is 0. The summed E-state index contributed by atoms with van der Waals surface area (Å²) in [5.41, 5.74) is -1.45. The first-order valence-electron chi connectivity index (χ1n) is 7.86. The van der Waals surface area contributed by atoms with E-state index in [2.05, 4.69) is 15.5 Å². The summed E-state index contributed by atoms with van der Waals surface area (Å²) in [4.78, 5) is 25.8. The molecule has 0 bridgehead atoms. The number of anilines is 1. The molecule has 0 aliphatic carbocycles. The van der Waals surface area contributed by atoms with Gasteiger partial charge in [0.2, 0.25) is 5.91 Å². The van der Waals surface area contributed by atoms with Crippen molar-refractivity contribution in [2.24, 2.45) is 0 Å². The molecule has 0 aliphatic rings. The number of aryl methyl sites for hydroxylation is 1. The quantitative estimate of drug-likeness (QED) is 0.736. The Balaban J connectivity index is 2.25. The molecule has 12 heteroatoms. The van der Waals surface area contributed by atoms with Crippen molar-refractivity contribution in [2.45, 2.75) is 32.9 Å². The fourth-order valence-electron chi connectivity index (χ4n) is 2.34. The van der Waals surface area contributed by atoms with Crippen LogP contribution in [0.4, 0.5) is 23.2 Å². The Morgan fingerprint density at radius 2 is 1.85 bits per heavy atom. The molecule has 0 aliphatic heterocycles. The molecular formula is C15H18F4N6O2. The summed E-state index contributed by atoms with van der Waals surface area (Å²) in [7, 11) is 3.04. The highest BCUT2D eigenvalue weighted by Gasteiger charge is 2.24. The van der Waals surface area contributed by atoms with Crippen LogP contribution >= 0.6 is 0 Å². The molecule has 148 valence electrons. The number of nitrogens with one attached hydrogen (secondary N) is 1. The fourth-order valence-corrected chi connectivity index (χ4v) is 2.34. The van der Waals surface area contributed by atoms with Crippen LogP contribution in [0.15, 0.2) is 12.3 Å². The van der Waals surface area contributed by atoms with Gasteiger partial charge in [0, 0.05) is 20.6 Å². The van der Waals surface area contributed by atoms with Crippen LogP contribution in [0.5, 0.6) is 0 Å². The first kappa shape index (κ1) is 20.4. The zero-order valence-corrected chi connectivity index (χ0v) is 14.8. The van der Waals surface area contributed by atoms with Crippen LogP contribution in [-0.4, -0.2) is 50.4 Å². The van der Waals surface area contributed by atoms with Gasteiger partial charge in [-0.15, -0.1) is 0 Å². The van der Waals surface area contributed by atoms with E-state index in [1.54, 1.807) is 6.92 Å². The maximum Gasteiger partial charge on any atom is 0.282 e. The summed E-state index contributed by atoms with van der Waals surface area (Å²) in [5, 5.41) is 9.72. The number of carbonyl (C=O) groups is 2. The predicted octanol–water partition coefficient (Wildman–Crippen LogP) is 2.32. The summed E-state index contributed by atoms with van der Waals surface area (Å²) < 4.78 is 53.2. The third-order valence-corrected chi connectivity index (χ3v) is 3.59. The average Bonchev–Trinajstić information content (AvgIpc) is 3.18. The van der Waals surface area contributed by atoms with Gasteiger partial charge in [0.15, 0.2) is 0 Å². The molecule has 0 fully saturated rings. The van der Waals surface area contributed by atoms with E-state index in [-0.39, 0.29) is 11.4 Å². The highest BCUT2D eigenvalue weighted by Crippen LogP contribution is 2.25. The van der Waals surface area contributed by atoms with Gasteiger partial charge in [0.1, 0.15) is 23.6 Å². The maximum atomic E-state index is 13.0. The lowest BCUT2D eigenvalue weighted by molar-refractivity contribution is -0.117. The number of hydrogen-bond donors (Lipinski definition) is 1. The second kappa shape index (κ2) is 8.18. The number of aromatic nitrogens is 4. The molecule has 0 unspecified atom stereocenters. The smallest absolute Gasteiger partial charge is 0.282 e. The van der Waals surface area contributed by atoms with Crippen molar-refractivity contribution in [3.63, 3.8) is 0 Å². The van der Waals surface area contributed by atoms with E-state index in [0.717, 1.165) is 0 Å². The van der Waals surface area contributed by atoms with Crippen LogP contribution in [-0.2, 0) is 17.9 Å². The summed E-state index contributed by atoms with van der Waals surface area (Å²) in [6.45, 7) is 1.38. The minimum absolute atomic E-state index is 0.0837. The Kier molecular flexibility index (Phi) is 6.18. The molecule has 0 radical (unpaired) electrons. The Morgan fingerprint density at radius 3 is 2.37 bits per heavy atom. The van der Waals surface area contributed by atoms with Gasteiger partial charge >= 0.3 is 0 Å². The number of alkyl halides is 4. The van der Waals surface area contributed by atoms with E-state index in [1.807, 2.05) is 0 Å². The molecule has 0 aromatic carbocycles. The third-order valence-electron chi connectivity index (χ3n) is 3.59. The van der Waals surface area contributed by atoms with Crippen LogP contribution in [0.1, 0.15) is 41.7 Å². The van der Waals surface area contributed by atoms with Crippen molar-refractivity contribution in [3.8, 4) is 0 Å². The Hall–Kier alpha value is -2.92. The van der Waals surface area contributed by atoms with Crippen LogP contribution in [0.2, 0.25) is 0 Å². The Morgan fingerprint density at radius 1 is 1.19 bits per heavy atom. The summed E-state index contributed by atoms with van der Waals surface area (Å²) in [6, 6.07) is 0.554. The molecule has 0 saturated heterocycles. The number of rotatable bonds is 7. The maximum absolute atomic E-state index is 13.0. The van der Waals surface area contributed by atoms with E-state index >= 15 is 0 Å². The lowest BCUT2D eigenvalue weighted by Gasteiger charge is -2.14. The molecule has 27 heavy (non-hydrogen) atoms. The lowest BCUT2D eigenvalue weighted by atomic mass is 10.3. The van der Waals surface area contributed by atoms with Gasteiger partial charge in [-0.25, -0.2) is 17.6 Å². The van der Waals surface area contributed by atoms with Crippen molar-refractivity contribution in [2.75, 3.05) is 19.4 Å². The highest BCUT2D eigenvalue weighted by atomic mass is 19.3. The van der Waals surface area contributed by atoms with Gasteiger partial charge in [-0.05, 0) is 13.0 Å². The van der Waals surface area contributed by atoms with E-state index < -0.39 is 42.6 Å². The molecule has 2 amide bonds. The van der Waals surface area contributed by atoms with Crippen molar-refractivity contribution in [1.82, 2.24) is 24.5 Å². The third kappa shape index (κ3) is 4.44. The molecule has 1 N–H and O–H groups in total. The van der Waals surface area contributed by atoms with Gasteiger partial charge in [0.25, 0.3) is 18.8 Å². The van der Waals surface area contributed by atoms with E-state index in [4.69, 9.17) is 0 Å². The molecule has 2 aromatic rings. The first-order valence-corrected chi connectivity index (χ1v) is 7.86. The molecular weight excluding hydrogens is 372 g/mol. The zero-order chi connectivity index (χ0) is 20.3. The summed E-state index contributed by atoms with van der Waals surface area (Å²) in [6.07, 6.45) is -4.87. The molecule has 0 atom stereocenters. The van der Waals surface area contributed by atoms with Crippen LogP contribution in [0, 0.1) is 0 Å². The van der Waals surface area contributed by atoms with Crippen molar-refractivity contribution < 1.29 is 27.2 Å². The van der Waals surface area contributed by atoms with Gasteiger partial charge in [-0.2, -0.15) is 10.2 Å². The largest absolute Gasteiger partial charge is 0.343 e. The number of amides is 2. The van der Waals surface area contributed by atoms with Gasteiger partial charge in [0.05, 0.1) is 11.9 Å². The average molecular weight is 390 g/mol. The minimum Gasteiger partial charge on any atom is -0.343 e. The van der Waals surface area contributed by atoms with E-state index in [0.29, 0.717) is 17.3 Å². The molecule has 2 rings (SSSR count). The monoisotopic (exact) mass is 390 g/mol. The van der Waals surface area contributed by atoms with Gasteiger partial charge in [-0.1, -0.05) is 0 Å². The minimum atomic E-state index is -3.08. The van der Waals surface area contributed by atoms with Crippen molar-refractivity contribution in [1.29, 1.82) is 0 Å². The fraction of sp³-hybridized carbons (Fsp3) is 0.467. The Labute approximate surface area is 151 Å². The number of nitrogens with zero attached hydrogens (tertiary/aromatic N) is 5.